The molecule has 1 N–H and O–H groups in total. The first-order valence-corrected chi connectivity index (χ1v) is 9.93. The lowest BCUT2D eigenvalue weighted by Gasteiger charge is -2.21. The first-order valence-electron chi connectivity index (χ1n) is 9.55. The molecule has 29 heavy (non-hydrogen) atoms. The first kappa shape index (κ1) is 19.2. The number of phenolic OH excluding ortho intramolecular Hbond substituents is 1. The van der Waals surface area contributed by atoms with Gasteiger partial charge in [0.05, 0.1) is 11.6 Å². The highest BCUT2D eigenvalue weighted by Crippen LogP contribution is 2.41. The van der Waals surface area contributed by atoms with Gasteiger partial charge in [-0.1, -0.05) is 29.8 Å². The van der Waals surface area contributed by atoms with E-state index in [1.54, 1.807) is 12.4 Å². The summed E-state index contributed by atoms with van der Waals surface area (Å²) in [4.78, 5) is 8.59. The zero-order chi connectivity index (χ0) is 20.2. The topological polar surface area (TPSA) is 55.2 Å². The van der Waals surface area contributed by atoms with Crippen LogP contribution in [0.4, 0.5) is 0 Å². The first-order chi connectivity index (χ1) is 14.2. The van der Waals surface area contributed by atoms with Crippen LogP contribution in [0.1, 0.15) is 29.5 Å². The van der Waals surface area contributed by atoms with Gasteiger partial charge in [0.2, 0.25) is 0 Å². The van der Waals surface area contributed by atoms with E-state index >= 15 is 0 Å². The number of nitrogens with zero attached hydrogens (tertiary/aromatic N) is 2. The Labute approximate surface area is 174 Å². The van der Waals surface area contributed by atoms with Gasteiger partial charge in [0, 0.05) is 35.5 Å². The van der Waals surface area contributed by atoms with E-state index in [0.717, 1.165) is 27.8 Å². The fourth-order valence-electron chi connectivity index (χ4n) is 3.60. The van der Waals surface area contributed by atoms with Crippen LogP contribution in [0.3, 0.4) is 0 Å². The molecule has 0 saturated carbocycles. The summed E-state index contributed by atoms with van der Waals surface area (Å²) in [6.45, 7) is 2.58. The predicted molar refractivity (Wildman–Crippen MR) is 116 cm³/mol. The van der Waals surface area contributed by atoms with Crippen molar-refractivity contribution < 1.29 is 9.84 Å². The van der Waals surface area contributed by atoms with Crippen LogP contribution in [0.25, 0.3) is 10.9 Å². The minimum atomic E-state index is -0.112. The molecular weight excluding hydrogens is 384 g/mol. The predicted octanol–water partition coefficient (Wildman–Crippen LogP) is 5.76. The van der Waals surface area contributed by atoms with Crippen molar-refractivity contribution in [2.24, 2.45) is 0 Å². The van der Waals surface area contributed by atoms with Crippen LogP contribution in [0.5, 0.6) is 11.5 Å². The van der Waals surface area contributed by atoms with E-state index in [2.05, 4.69) is 9.97 Å². The molecule has 0 saturated heterocycles. The second kappa shape index (κ2) is 8.50. The fraction of sp³-hybridized carbons (Fsp3) is 0.167. The molecule has 5 heteroatoms. The van der Waals surface area contributed by atoms with E-state index < -0.39 is 0 Å². The van der Waals surface area contributed by atoms with Crippen molar-refractivity contribution >= 4 is 22.5 Å². The molecule has 0 bridgehead atoms. The zero-order valence-electron chi connectivity index (χ0n) is 16.0. The van der Waals surface area contributed by atoms with Crippen molar-refractivity contribution in [3.05, 3.63) is 94.9 Å². The monoisotopic (exact) mass is 404 g/mol. The van der Waals surface area contributed by atoms with Gasteiger partial charge in [0.15, 0.2) is 0 Å². The molecule has 0 aliphatic carbocycles. The minimum absolute atomic E-state index is 0.112. The average Bonchev–Trinajstić information content (AvgIpc) is 2.76. The van der Waals surface area contributed by atoms with Crippen LogP contribution in [0.2, 0.25) is 5.02 Å². The molecule has 0 radical (unpaired) electrons. The van der Waals surface area contributed by atoms with E-state index in [-0.39, 0.29) is 11.7 Å². The van der Waals surface area contributed by atoms with Crippen molar-refractivity contribution in [3.63, 3.8) is 0 Å². The van der Waals surface area contributed by atoms with Gasteiger partial charge >= 0.3 is 0 Å². The fourth-order valence-corrected chi connectivity index (χ4v) is 3.87. The molecule has 146 valence electrons. The third kappa shape index (κ3) is 4.03. The molecule has 0 aliphatic heterocycles. The van der Waals surface area contributed by atoms with Crippen molar-refractivity contribution in [2.45, 2.75) is 19.3 Å². The van der Waals surface area contributed by atoms with Crippen LogP contribution in [0, 0.1) is 0 Å². The van der Waals surface area contributed by atoms with Gasteiger partial charge in [0.25, 0.3) is 0 Å². The molecule has 0 aliphatic rings. The number of phenols is 1. The Kier molecular flexibility index (Phi) is 5.63. The quantitative estimate of drug-likeness (QED) is 0.443. The Morgan fingerprint density at radius 1 is 1.07 bits per heavy atom. The number of hydrogen-bond donors (Lipinski definition) is 1. The van der Waals surface area contributed by atoms with Crippen LogP contribution in [0.15, 0.2) is 73.2 Å². The minimum Gasteiger partial charge on any atom is -0.505 e. The summed E-state index contributed by atoms with van der Waals surface area (Å²) in [6.07, 6.45) is 5.93. The maximum Gasteiger partial charge on any atom is 0.145 e. The molecule has 2 aromatic heterocycles. The number of rotatable bonds is 6. The van der Waals surface area contributed by atoms with E-state index in [1.807, 2.05) is 67.7 Å². The Bertz CT molecular complexity index is 1110. The maximum absolute atomic E-state index is 11.1. The van der Waals surface area contributed by atoms with Gasteiger partial charge in [-0.3, -0.25) is 9.97 Å². The molecule has 4 rings (SSSR count). The number of aromatic nitrogens is 2. The van der Waals surface area contributed by atoms with E-state index in [0.29, 0.717) is 23.6 Å². The lowest BCUT2D eigenvalue weighted by molar-refractivity contribution is 0.340. The molecule has 0 amide bonds. The lowest BCUT2D eigenvalue weighted by atomic mass is 9.85. The second-order valence-corrected chi connectivity index (χ2v) is 7.22. The molecule has 0 spiro atoms. The zero-order valence-corrected chi connectivity index (χ0v) is 16.8. The molecule has 2 heterocycles. The smallest absolute Gasteiger partial charge is 0.145 e. The van der Waals surface area contributed by atoms with Crippen LogP contribution < -0.4 is 4.74 Å². The van der Waals surface area contributed by atoms with E-state index in [4.69, 9.17) is 16.3 Å². The Hall–Kier alpha value is -3.11. The average molecular weight is 405 g/mol. The van der Waals surface area contributed by atoms with Crippen LogP contribution in [-0.2, 0) is 6.42 Å². The maximum atomic E-state index is 11.1. The van der Waals surface area contributed by atoms with Gasteiger partial charge in [-0.2, -0.15) is 0 Å². The van der Waals surface area contributed by atoms with Gasteiger partial charge in [-0.05, 0) is 60.9 Å². The summed E-state index contributed by atoms with van der Waals surface area (Å²) in [5.74, 6) is 0.866. The molecule has 2 aromatic carbocycles. The summed E-state index contributed by atoms with van der Waals surface area (Å²) in [6, 6.07) is 17.4. The molecule has 4 aromatic rings. The van der Waals surface area contributed by atoms with Gasteiger partial charge in [0.1, 0.15) is 17.0 Å². The molecule has 1 atom stereocenters. The number of hydrogen-bond acceptors (Lipinski definition) is 4. The molecule has 0 fully saturated rings. The summed E-state index contributed by atoms with van der Waals surface area (Å²) in [7, 11) is 0. The van der Waals surface area contributed by atoms with Gasteiger partial charge < -0.3 is 9.84 Å². The number of benzene rings is 2. The molecular formula is C24H21ClN2O2. The van der Waals surface area contributed by atoms with Crippen molar-refractivity contribution in [3.8, 4) is 11.5 Å². The SMILES string of the molecule is CCOc1ccc(C(Cc2cccnc2)c2cc(Cl)c3cccnc3c2O)cc1. The summed E-state index contributed by atoms with van der Waals surface area (Å²) < 4.78 is 5.57. The standard InChI is InChI=1S/C24H21ClN2O2/c1-2-29-18-9-7-17(8-10-18)20(13-16-5-3-11-26-15-16)21-14-22(25)19-6-4-12-27-23(19)24(21)28/h3-12,14-15,20,28H,2,13H2,1H3. The van der Waals surface area contributed by atoms with Crippen LogP contribution in [-0.4, -0.2) is 21.7 Å². The molecule has 4 nitrogen and oxygen atoms in total. The highest BCUT2D eigenvalue weighted by molar-refractivity contribution is 6.35. The summed E-state index contributed by atoms with van der Waals surface area (Å²) >= 11 is 6.55. The highest BCUT2D eigenvalue weighted by Gasteiger charge is 2.22. The van der Waals surface area contributed by atoms with Crippen molar-refractivity contribution in [2.75, 3.05) is 6.61 Å². The van der Waals surface area contributed by atoms with E-state index in [9.17, 15) is 5.11 Å². The second-order valence-electron chi connectivity index (χ2n) is 6.82. The Morgan fingerprint density at radius 2 is 1.86 bits per heavy atom. The lowest BCUT2D eigenvalue weighted by Crippen LogP contribution is -2.07. The van der Waals surface area contributed by atoms with Crippen LogP contribution >= 0.6 is 11.6 Å². The Balaban J connectivity index is 1.84. The van der Waals surface area contributed by atoms with Gasteiger partial charge in [-0.25, -0.2) is 0 Å². The van der Waals surface area contributed by atoms with E-state index in [1.165, 1.54) is 0 Å². The third-order valence-corrected chi connectivity index (χ3v) is 5.29. The van der Waals surface area contributed by atoms with Gasteiger partial charge in [-0.15, -0.1) is 0 Å². The normalized spacial score (nSPS) is 12.1. The van der Waals surface area contributed by atoms with Crippen molar-refractivity contribution in [1.82, 2.24) is 9.97 Å². The number of halogens is 1. The number of ether oxygens (including phenoxy) is 1. The number of aromatic hydroxyl groups is 1. The highest BCUT2D eigenvalue weighted by atomic mass is 35.5. The largest absolute Gasteiger partial charge is 0.505 e. The Morgan fingerprint density at radius 3 is 2.59 bits per heavy atom. The number of pyridine rings is 2. The summed E-state index contributed by atoms with van der Waals surface area (Å²) in [5.41, 5.74) is 3.38. The third-order valence-electron chi connectivity index (χ3n) is 4.98. The number of fused-ring (bicyclic) bond motifs is 1. The van der Waals surface area contributed by atoms with Crippen molar-refractivity contribution in [1.29, 1.82) is 0 Å². The molecule has 1 unspecified atom stereocenters. The summed E-state index contributed by atoms with van der Waals surface area (Å²) in [5, 5.41) is 12.4.